The molecule has 2 aromatic carbocycles. The molecule has 1 heterocycles. The van der Waals surface area contributed by atoms with Crippen molar-refractivity contribution in [1.82, 2.24) is 9.97 Å². The van der Waals surface area contributed by atoms with Gasteiger partial charge in [0.1, 0.15) is 17.0 Å². The van der Waals surface area contributed by atoms with E-state index >= 15 is 0 Å². The van der Waals surface area contributed by atoms with Crippen LogP contribution >= 0.6 is 0 Å². The van der Waals surface area contributed by atoms with Crippen molar-refractivity contribution in [2.75, 3.05) is 7.11 Å². The number of ether oxygens (including phenoxy) is 2. The molecule has 0 radical (unpaired) electrons. The molecule has 0 unspecified atom stereocenters. The monoisotopic (exact) mass is 334 g/mol. The topological polar surface area (TPSA) is 44.2 Å². The highest BCUT2D eigenvalue weighted by molar-refractivity contribution is 5.79. The summed E-state index contributed by atoms with van der Waals surface area (Å²) in [6.07, 6.45) is 3.93. The Morgan fingerprint density at radius 2 is 1.48 bits per heavy atom. The van der Waals surface area contributed by atoms with Crippen molar-refractivity contribution in [1.29, 1.82) is 0 Å². The van der Waals surface area contributed by atoms with E-state index in [2.05, 4.69) is 4.98 Å². The van der Waals surface area contributed by atoms with Crippen LogP contribution in [0.1, 0.15) is 32.0 Å². The van der Waals surface area contributed by atoms with Crippen LogP contribution in [0.3, 0.4) is 0 Å². The number of hydrogen-bond acceptors (Lipinski definition) is 4. The molecule has 0 amide bonds. The van der Waals surface area contributed by atoms with Gasteiger partial charge in [-0.15, -0.1) is 0 Å². The Morgan fingerprint density at radius 1 is 0.840 bits per heavy atom. The van der Waals surface area contributed by atoms with Crippen molar-refractivity contribution in [3.8, 4) is 11.6 Å². The normalized spacial score (nSPS) is 11.8. The average molecular weight is 334 g/mol. The van der Waals surface area contributed by atoms with E-state index in [1.54, 1.807) is 7.11 Å². The van der Waals surface area contributed by atoms with Gasteiger partial charge in [-0.3, -0.25) is 0 Å². The smallest absolute Gasteiger partial charge is 0.241 e. The number of aromatic nitrogens is 2. The highest BCUT2D eigenvalue weighted by atomic mass is 16.5. The zero-order valence-electron chi connectivity index (χ0n) is 15.0. The maximum atomic E-state index is 6.02. The second-order valence-corrected chi connectivity index (χ2v) is 6.72. The SMILES string of the molecule is COc1ccc(/C=C/c2nc3ccccc3nc2OC(C)(C)C)cc1. The summed E-state index contributed by atoms with van der Waals surface area (Å²) >= 11 is 0. The Kier molecular flexibility index (Phi) is 4.70. The van der Waals surface area contributed by atoms with Crippen LogP contribution in [0.2, 0.25) is 0 Å². The Balaban J connectivity index is 1.99. The molecule has 0 aliphatic heterocycles. The maximum Gasteiger partial charge on any atom is 0.241 e. The third-order valence-corrected chi connectivity index (χ3v) is 3.52. The van der Waals surface area contributed by atoms with E-state index in [-0.39, 0.29) is 5.60 Å². The lowest BCUT2D eigenvalue weighted by Gasteiger charge is -2.21. The number of rotatable bonds is 4. The molecular formula is C21H22N2O2. The highest BCUT2D eigenvalue weighted by Gasteiger charge is 2.16. The minimum atomic E-state index is -0.347. The van der Waals surface area contributed by atoms with Gasteiger partial charge in [-0.05, 0) is 56.7 Å². The molecule has 0 saturated carbocycles. The van der Waals surface area contributed by atoms with Crippen molar-refractivity contribution in [2.24, 2.45) is 0 Å². The molecular weight excluding hydrogens is 312 g/mol. The molecule has 0 saturated heterocycles. The van der Waals surface area contributed by atoms with Gasteiger partial charge in [-0.2, -0.15) is 0 Å². The molecule has 4 heteroatoms. The molecule has 0 bridgehead atoms. The fourth-order valence-corrected chi connectivity index (χ4v) is 2.36. The molecule has 0 fully saturated rings. The lowest BCUT2D eigenvalue weighted by Crippen LogP contribution is -2.24. The average Bonchev–Trinajstić information content (AvgIpc) is 2.59. The predicted octanol–water partition coefficient (Wildman–Crippen LogP) is 4.99. The summed E-state index contributed by atoms with van der Waals surface area (Å²) in [6.45, 7) is 6.00. The molecule has 0 aliphatic carbocycles. The molecule has 0 spiro atoms. The third-order valence-electron chi connectivity index (χ3n) is 3.52. The van der Waals surface area contributed by atoms with Crippen LogP contribution in [0, 0.1) is 0 Å². The van der Waals surface area contributed by atoms with Gasteiger partial charge in [-0.1, -0.05) is 30.3 Å². The summed E-state index contributed by atoms with van der Waals surface area (Å²) in [7, 11) is 1.66. The van der Waals surface area contributed by atoms with Crippen molar-refractivity contribution in [2.45, 2.75) is 26.4 Å². The fourth-order valence-electron chi connectivity index (χ4n) is 2.36. The molecule has 0 N–H and O–H groups in total. The molecule has 4 nitrogen and oxygen atoms in total. The van der Waals surface area contributed by atoms with E-state index in [1.165, 1.54) is 0 Å². The number of methoxy groups -OCH3 is 1. The standard InChI is InChI=1S/C21H22N2O2/c1-21(2,3)25-20-19(22-17-7-5-6-8-18(17)23-20)14-11-15-9-12-16(24-4)13-10-15/h5-14H,1-4H3/b14-11+. The van der Waals surface area contributed by atoms with Crippen LogP contribution in [0.25, 0.3) is 23.2 Å². The van der Waals surface area contributed by atoms with E-state index in [1.807, 2.05) is 81.5 Å². The van der Waals surface area contributed by atoms with E-state index in [4.69, 9.17) is 14.5 Å². The minimum absolute atomic E-state index is 0.347. The Bertz CT molecular complexity index is 894. The molecule has 0 atom stereocenters. The van der Waals surface area contributed by atoms with E-state index in [0.717, 1.165) is 22.3 Å². The summed E-state index contributed by atoms with van der Waals surface area (Å²) in [4.78, 5) is 9.35. The third kappa shape index (κ3) is 4.35. The van der Waals surface area contributed by atoms with Crippen LogP contribution in [0.15, 0.2) is 48.5 Å². The first-order valence-electron chi connectivity index (χ1n) is 8.22. The van der Waals surface area contributed by atoms with E-state index in [9.17, 15) is 0 Å². The van der Waals surface area contributed by atoms with Crippen molar-refractivity contribution in [3.63, 3.8) is 0 Å². The molecule has 0 aliphatic rings. The van der Waals surface area contributed by atoms with Crippen LogP contribution in [0.4, 0.5) is 0 Å². The first-order valence-corrected chi connectivity index (χ1v) is 8.22. The lowest BCUT2D eigenvalue weighted by atomic mass is 10.1. The van der Waals surface area contributed by atoms with E-state index < -0.39 is 0 Å². The molecule has 3 aromatic rings. The number of hydrogen-bond donors (Lipinski definition) is 0. The largest absolute Gasteiger partial charge is 0.497 e. The van der Waals surface area contributed by atoms with Gasteiger partial charge in [-0.25, -0.2) is 9.97 Å². The first-order chi connectivity index (χ1) is 11.9. The molecule has 3 rings (SSSR count). The van der Waals surface area contributed by atoms with Crippen molar-refractivity contribution >= 4 is 23.2 Å². The van der Waals surface area contributed by atoms with Crippen LogP contribution < -0.4 is 9.47 Å². The maximum absolute atomic E-state index is 6.02. The van der Waals surface area contributed by atoms with Crippen molar-refractivity contribution in [3.05, 3.63) is 59.8 Å². The summed E-state index contributed by atoms with van der Waals surface area (Å²) < 4.78 is 11.2. The summed E-state index contributed by atoms with van der Waals surface area (Å²) in [5, 5.41) is 0. The zero-order valence-corrected chi connectivity index (χ0v) is 15.0. The highest BCUT2D eigenvalue weighted by Crippen LogP contribution is 2.25. The Hall–Kier alpha value is -2.88. The van der Waals surface area contributed by atoms with Gasteiger partial charge >= 0.3 is 0 Å². The zero-order chi connectivity index (χ0) is 17.9. The number of nitrogens with zero attached hydrogens (tertiary/aromatic N) is 2. The quantitative estimate of drug-likeness (QED) is 0.674. The van der Waals surface area contributed by atoms with Crippen LogP contribution in [-0.4, -0.2) is 22.7 Å². The second-order valence-electron chi connectivity index (χ2n) is 6.72. The van der Waals surface area contributed by atoms with Gasteiger partial charge in [0.2, 0.25) is 5.88 Å². The van der Waals surface area contributed by atoms with E-state index in [0.29, 0.717) is 11.6 Å². The number of benzene rings is 2. The fraction of sp³-hybridized carbons (Fsp3) is 0.238. The summed E-state index contributed by atoms with van der Waals surface area (Å²) in [5.74, 6) is 1.37. The number of fused-ring (bicyclic) bond motifs is 1. The van der Waals surface area contributed by atoms with Crippen LogP contribution in [0.5, 0.6) is 11.6 Å². The van der Waals surface area contributed by atoms with Gasteiger partial charge in [0.15, 0.2) is 0 Å². The lowest BCUT2D eigenvalue weighted by molar-refractivity contribution is 0.123. The molecule has 128 valence electrons. The minimum Gasteiger partial charge on any atom is -0.497 e. The molecule has 25 heavy (non-hydrogen) atoms. The van der Waals surface area contributed by atoms with Gasteiger partial charge in [0.05, 0.1) is 18.1 Å². The molecule has 1 aromatic heterocycles. The predicted molar refractivity (Wildman–Crippen MR) is 102 cm³/mol. The summed E-state index contributed by atoms with van der Waals surface area (Å²) in [6, 6.07) is 15.6. The first kappa shape index (κ1) is 17.0. The van der Waals surface area contributed by atoms with Crippen molar-refractivity contribution < 1.29 is 9.47 Å². The summed E-state index contributed by atoms with van der Waals surface area (Å²) in [5.41, 5.74) is 3.09. The van der Waals surface area contributed by atoms with Gasteiger partial charge in [0, 0.05) is 0 Å². The van der Waals surface area contributed by atoms with Gasteiger partial charge < -0.3 is 9.47 Å². The van der Waals surface area contributed by atoms with Gasteiger partial charge in [0.25, 0.3) is 0 Å². The Labute approximate surface area is 148 Å². The van der Waals surface area contributed by atoms with Crippen LogP contribution in [-0.2, 0) is 0 Å². The second kappa shape index (κ2) is 6.93. The Morgan fingerprint density at radius 3 is 2.08 bits per heavy atom. The number of para-hydroxylation sites is 2.